The van der Waals surface area contributed by atoms with Gasteiger partial charge in [-0.2, -0.15) is 26.3 Å². The number of nitrogens with one attached hydrogen (secondary N) is 1. The van der Waals surface area contributed by atoms with E-state index in [-0.39, 0.29) is 18.5 Å². The molecule has 2 rings (SSSR count). The molecule has 0 saturated carbocycles. The lowest BCUT2D eigenvalue weighted by atomic mass is 10.1. The fraction of sp³-hybridized carbons (Fsp3) is 0.385. The van der Waals surface area contributed by atoms with Gasteiger partial charge in [0.15, 0.2) is 0 Å². The highest BCUT2D eigenvalue weighted by Crippen LogP contribution is 2.39. The molecule has 126 valence electrons. The number of esters is 1. The predicted molar refractivity (Wildman–Crippen MR) is 66.4 cm³/mol. The van der Waals surface area contributed by atoms with Crippen LogP contribution in [0, 0.1) is 0 Å². The average Bonchev–Trinajstić information content (AvgIpc) is 2.77. The summed E-state index contributed by atoms with van der Waals surface area (Å²) in [4.78, 5) is 17.2. The highest BCUT2D eigenvalue weighted by molar-refractivity contribution is 5.82. The summed E-state index contributed by atoms with van der Waals surface area (Å²) in [6.07, 6.45) is -10.4. The Morgan fingerprint density at radius 3 is 2.35 bits per heavy atom. The van der Waals surface area contributed by atoms with E-state index in [0.29, 0.717) is 6.07 Å². The maximum absolute atomic E-state index is 13.0. The Morgan fingerprint density at radius 2 is 1.83 bits per heavy atom. The number of nitrogens with zero attached hydrogens (tertiary/aromatic N) is 1. The number of fused-ring (bicyclic) bond motifs is 1. The first-order chi connectivity index (χ1) is 10.5. The first-order valence-electron chi connectivity index (χ1n) is 6.35. The Morgan fingerprint density at radius 1 is 1.17 bits per heavy atom. The number of alkyl halides is 6. The van der Waals surface area contributed by atoms with Crippen molar-refractivity contribution >= 4 is 17.0 Å². The second-order valence-corrected chi connectivity index (χ2v) is 4.58. The summed E-state index contributed by atoms with van der Waals surface area (Å²) in [7, 11) is 0. The van der Waals surface area contributed by atoms with E-state index in [9.17, 15) is 31.1 Å². The minimum atomic E-state index is -5.01. The highest BCUT2D eigenvalue weighted by atomic mass is 19.4. The van der Waals surface area contributed by atoms with E-state index >= 15 is 0 Å². The van der Waals surface area contributed by atoms with Gasteiger partial charge in [-0.25, -0.2) is 4.98 Å². The van der Waals surface area contributed by atoms with E-state index in [2.05, 4.69) is 14.7 Å². The van der Waals surface area contributed by atoms with Crippen LogP contribution < -0.4 is 0 Å². The second kappa shape index (κ2) is 5.74. The molecule has 4 nitrogen and oxygen atoms in total. The summed E-state index contributed by atoms with van der Waals surface area (Å²) >= 11 is 0. The molecule has 0 fully saturated rings. The van der Waals surface area contributed by atoms with Gasteiger partial charge in [0.05, 0.1) is 28.8 Å². The number of rotatable bonds is 3. The molecule has 0 atom stereocenters. The van der Waals surface area contributed by atoms with E-state index in [1.165, 1.54) is 6.92 Å². The zero-order chi connectivity index (χ0) is 17.4. The molecular formula is C13H10F6N2O2. The van der Waals surface area contributed by atoms with Gasteiger partial charge in [-0.05, 0) is 19.1 Å². The van der Waals surface area contributed by atoms with Crippen molar-refractivity contribution in [3.8, 4) is 0 Å². The number of H-pyrrole nitrogens is 1. The Bertz CT molecular complexity index is 732. The molecule has 0 aliphatic heterocycles. The third kappa shape index (κ3) is 3.74. The summed E-state index contributed by atoms with van der Waals surface area (Å²) < 4.78 is 81.7. The van der Waals surface area contributed by atoms with Crippen LogP contribution in [0.3, 0.4) is 0 Å². The molecule has 10 heteroatoms. The quantitative estimate of drug-likeness (QED) is 0.685. The van der Waals surface area contributed by atoms with E-state index in [1.807, 2.05) is 0 Å². The third-order valence-electron chi connectivity index (χ3n) is 2.89. The topological polar surface area (TPSA) is 55.0 Å². The first-order valence-corrected chi connectivity index (χ1v) is 6.35. The minimum Gasteiger partial charge on any atom is -0.466 e. The van der Waals surface area contributed by atoms with Crippen LogP contribution in [0.4, 0.5) is 26.3 Å². The van der Waals surface area contributed by atoms with E-state index in [4.69, 9.17) is 0 Å². The summed E-state index contributed by atoms with van der Waals surface area (Å²) in [6, 6.07) is 0.504. The van der Waals surface area contributed by atoms with E-state index < -0.39 is 46.9 Å². The van der Waals surface area contributed by atoms with Crippen LogP contribution in [-0.2, 0) is 28.3 Å². The Kier molecular flexibility index (Phi) is 4.27. The number of benzene rings is 1. The summed E-state index contributed by atoms with van der Waals surface area (Å²) in [6.45, 7) is 1.60. The number of carbonyl (C=O) groups excluding carboxylic acids is 1. The smallest absolute Gasteiger partial charge is 0.418 e. The lowest BCUT2D eigenvalue weighted by Crippen LogP contribution is -2.11. The predicted octanol–water partition coefficient (Wildman–Crippen LogP) is 3.71. The number of aromatic nitrogens is 2. The highest BCUT2D eigenvalue weighted by Gasteiger charge is 2.39. The normalized spacial score (nSPS) is 12.7. The maximum Gasteiger partial charge on any atom is 0.418 e. The number of hydrogen-bond donors (Lipinski definition) is 1. The van der Waals surface area contributed by atoms with Crippen molar-refractivity contribution in [3.05, 3.63) is 29.1 Å². The Balaban J connectivity index is 2.57. The zero-order valence-electron chi connectivity index (χ0n) is 11.6. The van der Waals surface area contributed by atoms with Crippen LogP contribution in [-0.4, -0.2) is 22.5 Å². The SMILES string of the molecule is CCOC(=O)Cc1nc2cc(C(F)(F)F)cc(C(F)(F)F)c2[nH]1. The monoisotopic (exact) mass is 340 g/mol. The molecule has 0 amide bonds. The van der Waals surface area contributed by atoms with Gasteiger partial charge in [-0.15, -0.1) is 0 Å². The maximum atomic E-state index is 13.0. The molecule has 0 unspecified atom stereocenters. The molecule has 1 N–H and O–H groups in total. The van der Waals surface area contributed by atoms with Crippen LogP contribution >= 0.6 is 0 Å². The molecule has 1 aromatic carbocycles. The molecule has 0 aliphatic carbocycles. The molecular weight excluding hydrogens is 330 g/mol. The zero-order valence-corrected chi connectivity index (χ0v) is 11.6. The number of carbonyl (C=O) groups is 1. The van der Waals surface area contributed by atoms with Crippen molar-refractivity contribution in [2.24, 2.45) is 0 Å². The average molecular weight is 340 g/mol. The molecule has 23 heavy (non-hydrogen) atoms. The summed E-state index contributed by atoms with van der Waals surface area (Å²) in [5.74, 6) is -0.959. The largest absolute Gasteiger partial charge is 0.466 e. The van der Waals surface area contributed by atoms with Crippen LogP contribution in [0.15, 0.2) is 12.1 Å². The summed E-state index contributed by atoms with van der Waals surface area (Å²) in [5, 5.41) is 0. The van der Waals surface area contributed by atoms with Gasteiger partial charge in [0, 0.05) is 0 Å². The van der Waals surface area contributed by atoms with E-state index in [1.54, 1.807) is 0 Å². The molecule has 0 aliphatic rings. The minimum absolute atomic E-state index is 0.00859. The van der Waals surface area contributed by atoms with Gasteiger partial charge in [0.2, 0.25) is 0 Å². The molecule has 1 heterocycles. The third-order valence-corrected chi connectivity index (χ3v) is 2.89. The van der Waals surface area contributed by atoms with Crippen molar-refractivity contribution < 1.29 is 35.9 Å². The van der Waals surface area contributed by atoms with Gasteiger partial charge >= 0.3 is 18.3 Å². The second-order valence-electron chi connectivity index (χ2n) is 4.58. The number of ether oxygens (including phenoxy) is 1. The van der Waals surface area contributed by atoms with Gasteiger partial charge in [-0.1, -0.05) is 0 Å². The fourth-order valence-electron chi connectivity index (χ4n) is 1.98. The van der Waals surface area contributed by atoms with Gasteiger partial charge < -0.3 is 9.72 Å². The van der Waals surface area contributed by atoms with Crippen molar-refractivity contribution in [2.75, 3.05) is 6.61 Å². The number of hydrogen-bond acceptors (Lipinski definition) is 3. The molecule has 1 aromatic heterocycles. The van der Waals surface area contributed by atoms with Gasteiger partial charge in [0.25, 0.3) is 0 Å². The summed E-state index contributed by atoms with van der Waals surface area (Å²) in [5.41, 5.74) is -4.09. The fourth-order valence-corrected chi connectivity index (χ4v) is 1.98. The lowest BCUT2D eigenvalue weighted by Gasteiger charge is -2.12. The van der Waals surface area contributed by atoms with Crippen LogP contribution in [0.5, 0.6) is 0 Å². The van der Waals surface area contributed by atoms with Crippen LogP contribution in [0.2, 0.25) is 0 Å². The van der Waals surface area contributed by atoms with E-state index in [0.717, 1.165) is 0 Å². The van der Waals surface area contributed by atoms with Crippen LogP contribution in [0.25, 0.3) is 11.0 Å². The molecule has 0 radical (unpaired) electrons. The molecule has 0 spiro atoms. The van der Waals surface area contributed by atoms with Gasteiger partial charge in [-0.3, -0.25) is 4.79 Å². The standard InChI is InChI=1S/C13H10F6N2O2/c1-2-23-10(22)5-9-20-8-4-6(12(14,15)16)3-7(11(8)21-9)13(17,18)19/h3-4H,2,5H2,1H3,(H,20,21). The number of halogens is 6. The Hall–Kier alpha value is -2.26. The Labute approximate surface area is 125 Å². The van der Waals surface area contributed by atoms with Gasteiger partial charge in [0.1, 0.15) is 12.2 Å². The van der Waals surface area contributed by atoms with Crippen molar-refractivity contribution in [1.29, 1.82) is 0 Å². The lowest BCUT2D eigenvalue weighted by molar-refractivity contribution is -0.143. The molecule has 0 bridgehead atoms. The molecule has 2 aromatic rings. The van der Waals surface area contributed by atoms with Crippen molar-refractivity contribution in [3.63, 3.8) is 0 Å². The van der Waals surface area contributed by atoms with Crippen molar-refractivity contribution in [1.82, 2.24) is 9.97 Å². The van der Waals surface area contributed by atoms with Crippen molar-refractivity contribution in [2.45, 2.75) is 25.7 Å². The van der Waals surface area contributed by atoms with Crippen LogP contribution in [0.1, 0.15) is 23.9 Å². The molecule has 0 saturated heterocycles. The number of aromatic amines is 1. The first kappa shape index (κ1) is 17.1. The number of imidazole rings is 1.